The Balaban J connectivity index is 2.94. The van der Waals surface area contributed by atoms with E-state index in [0.29, 0.717) is 11.7 Å². The first-order valence-electron chi connectivity index (χ1n) is 6.17. The summed E-state index contributed by atoms with van der Waals surface area (Å²) >= 11 is 0. The van der Waals surface area contributed by atoms with Crippen molar-refractivity contribution in [2.75, 3.05) is 32.1 Å². The second-order valence-corrected chi connectivity index (χ2v) is 4.71. The van der Waals surface area contributed by atoms with Gasteiger partial charge in [-0.2, -0.15) is 0 Å². The van der Waals surface area contributed by atoms with E-state index in [1.165, 1.54) is 0 Å². The molecule has 1 aromatic rings. The van der Waals surface area contributed by atoms with Gasteiger partial charge in [0.2, 0.25) is 0 Å². The summed E-state index contributed by atoms with van der Waals surface area (Å²) in [7, 11) is 4.13. The first-order valence-corrected chi connectivity index (χ1v) is 6.17. The van der Waals surface area contributed by atoms with Crippen LogP contribution in [0.2, 0.25) is 0 Å². The lowest BCUT2D eigenvalue weighted by Gasteiger charge is -2.32. The van der Waals surface area contributed by atoms with Gasteiger partial charge in [0.25, 0.3) is 0 Å². The van der Waals surface area contributed by atoms with Crippen molar-refractivity contribution in [3.63, 3.8) is 0 Å². The average Bonchev–Trinajstić information content (AvgIpc) is 2.29. The zero-order valence-corrected chi connectivity index (χ0v) is 11.6. The number of nitrogens with one attached hydrogen (secondary N) is 1. The van der Waals surface area contributed by atoms with Crippen molar-refractivity contribution in [2.24, 2.45) is 5.73 Å². The van der Waals surface area contributed by atoms with Gasteiger partial charge < -0.3 is 15.5 Å². The van der Waals surface area contributed by atoms with E-state index in [1.807, 2.05) is 12.1 Å². The van der Waals surface area contributed by atoms with Crippen LogP contribution in [0.1, 0.15) is 19.5 Å². The van der Waals surface area contributed by atoms with E-state index in [-0.39, 0.29) is 5.84 Å². The maximum absolute atomic E-state index is 7.44. The molecular formula is C13H23N5. The van der Waals surface area contributed by atoms with Gasteiger partial charge in [0.05, 0.1) is 0 Å². The van der Waals surface area contributed by atoms with Crippen molar-refractivity contribution >= 4 is 11.5 Å². The van der Waals surface area contributed by atoms with Crippen molar-refractivity contribution in [1.29, 1.82) is 5.41 Å². The molecule has 100 valence electrons. The lowest BCUT2D eigenvalue weighted by atomic mass is 10.2. The molecule has 0 bridgehead atoms. The summed E-state index contributed by atoms with van der Waals surface area (Å²) in [5, 5.41) is 7.44. The molecule has 5 nitrogen and oxygen atoms in total. The number of nitrogen functional groups attached to an aromatic ring is 1. The van der Waals surface area contributed by atoms with Gasteiger partial charge in [0, 0.05) is 31.0 Å². The van der Waals surface area contributed by atoms with E-state index >= 15 is 0 Å². The minimum absolute atomic E-state index is 0.00756. The Hall–Kier alpha value is -1.62. The van der Waals surface area contributed by atoms with Crippen LogP contribution in [0.5, 0.6) is 0 Å². The third kappa shape index (κ3) is 3.70. The number of nitrogens with zero attached hydrogens (tertiary/aromatic N) is 3. The number of aromatic nitrogens is 1. The Kier molecular flexibility index (Phi) is 5.09. The van der Waals surface area contributed by atoms with Gasteiger partial charge >= 0.3 is 0 Å². The molecule has 0 spiro atoms. The highest BCUT2D eigenvalue weighted by molar-refractivity contribution is 5.93. The summed E-state index contributed by atoms with van der Waals surface area (Å²) in [5.74, 6) is 0.00756. The van der Waals surface area contributed by atoms with Gasteiger partial charge in [-0.05, 0) is 40.1 Å². The van der Waals surface area contributed by atoms with E-state index in [4.69, 9.17) is 11.1 Å². The monoisotopic (exact) mass is 249 g/mol. The Morgan fingerprint density at radius 3 is 2.67 bits per heavy atom. The fourth-order valence-electron chi connectivity index (χ4n) is 2.12. The lowest BCUT2D eigenvalue weighted by molar-refractivity contribution is 0.373. The number of pyridine rings is 1. The second-order valence-electron chi connectivity index (χ2n) is 4.71. The molecule has 3 N–H and O–H groups in total. The van der Waals surface area contributed by atoms with Crippen LogP contribution in [-0.2, 0) is 0 Å². The Bertz CT molecular complexity index is 402. The molecule has 0 aliphatic heterocycles. The highest BCUT2D eigenvalue weighted by atomic mass is 15.2. The van der Waals surface area contributed by atoms with Crippen molar-refractivity contribution in [3.8, 4) is 0 Å². The largest absolute Gasteiger partial charge is 0.382 e. The lowest BCUT2D eigenvalue weighted by Crippen LogP contribution is -2.40. The van der Waals surface area contributed by atoms with Crippen LogP contribution in [0.25, 0.3) is 0 Å². The third-order valence-electron chi connectivity index (χ3n) is 2.85. The van der Waals surface area contributed by atoms with Crippen molar-refractivity contribution in [3.05, 3.63) is 24.0 Å². The molecule has 0 saturated carbocycles. The normalized spacial score (nSPS) is 12.5. The van der Waals surface area contributed by atoms with Crippen LogP contribution in [0.15, 0.2) is 18.3 Å². The molecule has 18 heavy (non-hydrogen) atoms. The number of amidine groups is 1. The highest BCUT2D eigenvalue weighted by Crippen LogP contribution is 2.17. The minimum atomic E-state index is 0.00756. The smallest absolute Gasteiger partial charge is 0.141 e. The number of likely N-dealkylation sites (N-methyl/N-ethyl adjacent to an activating group) is 2. The predicted octanol–water partition coefficient (Wildman–Crippen LogP) is 1.14. The standard InChI is InChI=1S/C13H23N5/c1-5-18(10(2)9-17(3)4)11-6-7-16-12(8-11)13(14)15/h6-8,10H,5,9H2,1-4H3,(H3,14,15). The quantitative estimate of drug-likeness (QED) is 0.586. The fourth-order valence-corrected chi connectivity index (χ4v) is 2.12. The topological polar surface area (TPSA) is 69.2 Å². The Morgan fingerprint density at radius 2 is 2.17 bits per heavy atom. The van der Waals surface area contributed by atoms with E-state index in [1.54, 1.807) is 6.20 Å². The van der Waals surface area contributed by atoms with E-state index < -0.39 is 0 Å². The molecule has 1 unspecified atom stereocenters. The van der Waals surface area contributed by atoms with Crippen LogP contribution in [0.3, 0.4) is 0 Å². The average molecular weight is 249 g/mol. The number of hydrogen-bond acceptors (Lipinski definition) is 4. The number of hydrogen-bond donors (Lipinski definition) is 2. The maximum atomic E-state index is 7.44. The summed E-state index contributed by atoms with van der Waals surface area (Å²) in [6.07, 6.45) is 1.71. The molecule has 1 atom stereocenters. The predicted molar refractivity (Wildman–Crippen MR) is 76.3 cm³/mol. The van der Waals surface area contributed by atoms with Crippen LogP contribution in [0.4, 0.5) is 5.69 Å². The summed E-state index contributed by atoms with van der Waals surface area (Å²) < 4.78 is 0. The minimum Gasteiger partial charge on any atom is -0.382 e. The van der Waals surface area contributed by atoms with Gasteiger partial charge in [-0.25, -0.2) is 0 Å². The zero-order valence-electron chi connectivity index (χ0n) is 11.6. The summed E-state index contributed by atoms with van der Waals surface area (Å²) in [6.45, 7) is 6.21. The van der Waals surface area contributed by atoms with Crippen LogP contribution in [-0.4, -0.2) is 48.9 Å². The Labute approximate surface area is 109 Å². The molecule has 0 fully saturated rings. The third-order valence-corrected chi connectivity index (χ3v) is 2.85. The molecule has 0 aliphatic carbocycles. The fraction of sp³-hybridized carbons (Fsp3) is 0.538. The van der Waals surface area contributed by atoms with Gasteiger partial charge in [-0.1, -0.05) is 0 Å². The molecule has 0 radical (unpaired) electrons. The molecule has 0 saturated heterocycles. The van der Waals surface area contributed by atoms with Crippen LogP contribution in [0, 0.1) is 5.41 Å². The molecule has 0 amide bonds. The highest BCUT2D eigenvalue weighted by Gasteiger charge is 2.14. The Morgan fingerprint density at radius 1 is 1.50 bits per heavy atom. The van der Waals surface area contributed by atoms with Gasteiger partial charge in [-0.3, -0.25) is 10.4 Å². The molecule has 0 aliphatic rings. The number of anilines is 1. The SMILES string of the molecule is CCN(c1ccnc(C(=N)N)c1)C(C)CN(C)C. The maximum Gasteiger partial charge on any atom is 0.141 e. The number of rotatable bonds is 6. The summed E-state index contributed by atoms with van der Waals surface area (Å²) in [4.78, 5) is 8.54. The molecule has 0 aromatic carbocycles. The molecule has 1 rings (SSSR count). The van der Waals surface area contributed by atoms with Crippen LogP contribution < -0.4 is 10.6 Å². The first kappa shape index (κ1) is 14.4. The van der Waals surface area contributed by atoms with Crippen molar-refractivity contribution in [2.45, 2.75) is 19.9 Å². The van der Waals surface area contributed by atoms with E-state index in [9.17, 15) is 0 Å². The van der Waals surface area contributed by atoms with E-state index in [2.05, 4.69) is 42.7 Å². The number of nitrogens with two attached hydrogens (primary N) is 1. The first-order chi connectivity index (χ1) is 8.45. The van der Waals surface area contributed by atoms with Crippen LogP contribution >= 0.6 is 0 Å². The van der Waals surface area contributed by atoms with Gasteiger partial charge in [-0.15, -0.1) is 0 Å². The summed E-state index contributed by atoms with van der Waals surface area (Å²) in [5.41, 5.74) is 7.07. The molecule has 5 heteroatoms. The second kappa shape index (κ2) is 6.35. The van der Waals surface area contributed by atoms with Crippen molar-refractivity contribution < 1.29 is 0 Å². The molecular weight excluding hydrogens is 226 g/mol. The van der Waals surface area contributed by atoms with Crippen molar-refractivity contribution in [1.82, 2.24) is 9.88 Å². The molecule has 1 heterocycles. The van der Waals surface area contributed by atoms with Gasteiger partial charge in [0.1, 0.15) is 11.5 Å². The van der Waals surface area contributed by atoms with E-state index in [0.717, 1.165) is 18.8 Å². The summed E-state index contributed by atoms with van der Waals surface area (Å²) in [6, 6.07) is 4.23. The molecule has 1 aromatic heterocycles. The zero-order chi connectivity index (χ0) is 13.7. The van der Waals surface area contributed by atoms with Gasteiger partial charge in [0.15, 0.2) is 0 Å².